The SMILES string of the molecule is O=C(O)c1ncccc1Cn1ncc2ccccc2c1=O. The summed E-state index contributed by atoms with van der Waals surface area (Å²) in [5.41, 5.74) is 0.113. The van der Waals surface area contributed by atoms with Gasteiger partial charge in [0.2, 0.25) is 0 Å². The Labute approximate surface area is 119 Å². The maximum atomic E-state index is 12.3. The Bertz CT molecular complexity index is 886. The number of pyridine rings is 1. The first-order chi connectivity index (χ1) is 10.2. The summed E-state index contributed by atoms with van der Waals surface area (Å²) < 4.78 is 1.24. The highest BCUT2D eigenvalue weighted by Gasteiger charge is 2.13. The Balaban J connectivity index is 2.09. The number of fused-ring (bicyclic) bond motifs is 1. The van der Waals surface area contributed by atoms with Gasteiger partial charge in [0.25, 0.3) is 5.56 Å². The summed E-state index contributed by atoms with van der Waals surface area (Å²) >= 11 is 0. The van der Waals surface area contributed by atoms with Crippen LogP contribution in [0.2, 0.25) is 0 Å². The van der Waals surface area contributed by atoms with Crippen molar-refractivity contribution in [2.45, 2.75) is 6.54 Å². The maximum absolute atomic E-state index is 12.3. The second-order valence-corrected chi connectivity index (χ2v) is 4.51. The molecular weight excluding hydrogens is 270 g/mol. The van der Waals surface area contributed by atoms with Crippen molar-refractivity contribution in [2.75, 3.05) is 0 Å². The molecule has 1 aromatic carbocycles. The molecule has 0 atom stereocenters. The highest BCUT2D eigenvalue weighted by molar-refractivity contribution is 5.87. The fraction of sp³-hybridized carbons (Fsp3) is 0.0667. The van der Waals surface area contributed by atoms with E-state index in [1.54, 1.807) is 36.5 Å². The molecule has 0 amide bonds. The van der Waals surface area contributed by atoms with Gasteiger partial charge in [-0.05, 0) is 12.1 Å². The molecule has 0 saturated heterocycles. The van der Waals surface area contributed by atoms with Crippen molar-refractivity contribution < 1.29 is 9.90 Å². The second kappa shape index (κ2) is 5.16. The number of hydrogen-bond acceptors (Lipinski definition) is 4. The maximum Gasteiger partial charge on any atom is 0.354 e. The standard InChI is InChI=1S/C15H11N3O3/c19-14-12-6-2-1-4-10(12)8-17-18(14)9-11-5-3-7-16-13(11)15(20)21/h1-8H,9H2,(H,20,21). The van der Waals surface area contributed by atoms with Crippen molar-refractivity contribution >= 4 is 16.7 Å². The van der Waals surface area contributed by atoms with Crippen LogP contribution < -0.4 is 5.56 Å². The van der Waals surface area contributed by atoms with Crippen LogP contribution in [-0.2, 0) is 6.54 Å². The molecule has 6 heteroatoms. The number of carbonyl (C=O) groups is 1. The molecule has 0 aliphatic heterocycles. The molecule has 0 aliphatic rings. The number of aromatic nitrogens is 3. The van der Waals surface area contributed by atoms with Crippen LogP contribution in [0.4, 0.5) is 0 Å². The van der Waals surface area contributed by atoms with Crippen molar-refractivity contribution in [3.63, 3.8) is 0 Å². The third kappa shape index (κ3) is 2.38. The molecule has 21 heavy (non-hydrogen) atoms. The fourth-order valence-corrected chi connectivity index (χ4v) is 2.16. The van der Waals surface area contributed by atoms with Gasteiger partial charge in [0.05, 0.1) is 18.1 Å². The summed E-state index contributed by atoms with van der Waals surface area (Å²) in [6, 6.07) is 10.4. The van der Waals surface area contributed by atoms with E-state index < -0.39 is 5.97 Å². The Hall–Kier alpha value is -3.02. The lowest BCUT2D eigenvalue weighted by molar-refractivity contribution is 0.0689. The zero-order valence-corrected chi connectivity index (χ0v) is 10.9. The van der Waals surface area contributed by atoms with E-state index in [1.165, 1.54) is 10.9 Å². The molecule has 1 N–H and O–H groups in total. The van der Waals surface area contributed by atoms with E-state index in [1.807, 2.05) is 6.07 Å². The highest BCUT2D eigenvalue weighted by Crippen LogP contribution is 2.09. The first-order valence-corrected chi connectivity index (χ1v) is 6.29. The van der Waals surface area contributed by atoms with Crippen molar-refractivity contribution in [1.29, 1.82) is 0 Å². The van der Waals surface area contributed by atoms with Crippen LogP contribution in [0.15, 0.2) is 53.6 Å². The summed E-state index contributed by atoms with van der Waals surface area (Å²) in [5, 5.41) is 14.5. The van der Waals surface area contributed by atoms with E-state index in [-0.39, 0.29) is 17.8 Å². The third-order valence-corrected chi connectivity index (χ3v) is 3.18. The lowest BCUT2D eigenvalue weighted by atomic mass is 10.2. The molecule has 0 fully saturated rings. The van der Waals surface area contributed by atoms with Gasteiger partial charge in [0, 0.05) is 17.1 Å². The van der Waals surface area contributed by atoms with Crippen LogP contribution in [0.1, 0.15) is 16.1 Å². The quantitative estimate of drug-likeness (QED) is 0.787. The average Bonchev–Trinajstić information content (AvgIpc) is 2.51. The largest absolute Gasteiger partial charge is 0.477 e. The van der Waals surface area contributed by atoms with Gasteiger partial charge in [-0.25, -0.2) is 14.5 Å². The summed E-state index contributed by atoms with van der Waals surface area (Å²) in [5.74, 6) is -1.13. The van der Waals surface area contributed by atoms with E-state index in [9.17, 15) is 9.59 Å². The molecule has 0 bridgehead atoms. The van der Waals surface area contributed by atoms with Gasteiger partial charge in [-0.15, -0.1) is 0 Å². The predicted octanol–water partition coefficient (Wildman–Crippen LogP) is 1.54. The Morgan fingerprint density at radius 3 is 2.81 bits per heavy atom. The molecule has 0 unspecified atom stereocenters. The number of hydrogen-bond donors (Lipinski definition) is 1. The molecule has 3 rings (SSSR count). The Morgan fingerprint density at radius 1 is 1.19 bits per heavy atom. The van der Waals surface area contributed by atoms with Crippen molar-refractivity contribution in [3.8, 4) is 0 Å². The topological polar surface area (TPSA) is 85.1 Å². The van der Waals surface area contributed by atoms with Crippen LogP contribution in [0, 0.1) is 0 Å². The number of nitrogens with zero attached hydrogens (tertiary/aromatic N) is 3. The van der Waals surface area contributed by atoms with Crippen LogP contribution in [0.3, 0.4) is 0 Å². The molecular formula is C15H11N3O3. The number of benzene rings is 1. The molecule has 0 aliphatic carbocycles. The fourth-order valence-electron chi connectivity index (χ4n) is 2.16. The molecule has 6 nitrogen and oxygen atoms in total. The Morgan fingerprint density at radius 2 is 2.00 bits per heavy atom. The van der Waals surface area contributed by atoms with Crippen molar-refractivity contribution in [1.82, 2.24) is 14.8 Å². The highest BCUT2D eigenvalue weighted by atomic mass is 16.4. The van der Waals surface area contributed by atoms with Gasteiger partial charge in [-0.3, -0.25) is 4.79 Å². The molecule has 0 saturated carbocycles. The van der Waals surface area contributed by atoms with Crippen LogP contribution in [0.25, 0.3) is 10.8 Å². The lowest BCUT2D eigenvalue weighted by Gasteiger charge is -2.07. The van der Waals surface area contributed by atoms with E-state index in [0.717, 1.165) is 5.39 Å². The monoisotopic (exact) mass is 281 g/mol. The number of aromatic carboxylic acids is 1. The van der Waals surface area contributed by atoms with Crippen LogP contribution in [-0.4, -0.2) is 25.8 Å². The van der Waals surface area contributed by atoms with Crippen molar-refractivity contribution in [3.05, 3.63) is 70.4 Å². The van der Waals surface area contributed by atoms with E-state index in [4.69, 9.17) is 5.11 Å². The molecule has 2 heterocycles. The molecule has 3 aromatic rings. The van der Waals surface area contributed by atoms with Gasteiger partial charge >= 0.3 is 5.97 Å². The Kier molecular flexibility index (Phi) is 3.19. The van der Waals surface area contributed by atoms with Crippen molar-refractivity contribution in [2.24, 2.45) is 0 Å². The van der Waals surface area contributed by atoms with Gasteiger partial charge in [0.15, 0.2) is 5.69 Å². The summed E-state index contributed by atoms with van der Waals surface area (Å²) in [4.78, 5) is 27.3. The first kappa shape index (κ1) is 13.0. The number of carboxylic acid groups (broad SMARTS) is 1. The van der Waals surface area contributed by atoms with E-state index in [2.05, 4.69) is 10.1 Å². The average molecular weight is 281 g/mol. The van der Waals surface area contributed by atoms with Gasteiger partial charge in [-0.1, -0.05) is 24.3 Å². The van der Waals surface area contributed by atoms with E-state index >= 15 is 0 Å². The zero-order chi connectivity index (χ0) is 14.8. The summed E-state index contributed by atoms with van der Waals surface area (Å²) in [6.45, 7) is 0.0686. The molecule has 2 aromatic heterocycles. The van der Waals surface area contributed by atoms with Gasteiger partial charge in [0.1, 0.15) is 0 Å². The van der Waals surface area contributed by atoms with E-state index in [0.29, 0.717) is 10.9 Å². The zero-order valence-electron chi connectivity index (χ0n) is 10.9. The molecule has 0 radical (unpaired) electrons. The molecule has 104 valence electrons. The normalized spacial score (nSPS) is 10.7. The number of rotatable bonds is 3. The minimum atomic E-state index is -1.13. The van der Waals surface area contributed by atoms with Crippen LogP contribution >= 0.6 is 0 Å². The minimum Gasteiger partial charge on any atom is -0.477 e. The van der Waals surface area contributed by atoms with Crippen LogP contribution in [0.5, 0.6) is 0 Å². The first-order valence-electron chi connectivity index (χ1n) is 6.29. The van der Waals surface area contributed by atoms with Gasteiger partial charge < -0.3 is 5.11 Å². The lowest BCUT2D eigenvalue weighted by Crippen LogP contribution is -2.24. The minimum absolute atomic E-state index is 0.0686. The predicted molar refractivity (Wildman–Crippen MR) is 76.3 cm³/mol. The summed E-state index contributed by atoms with van der Waals surface area (Å²) in [6.07, 6.45) is 3.00. The number of carboxylic acids is 1. The second-order valence-electron chi connectivity index (χ2n) is 4.51. The molecule has 0 spiro atoms. The smallest absolute Gasteiger partial charge is 0.354 e. The van der Waals surface area contributed by atoms with Gasteiger partial charge in [-0.2, -0.15) is 5.10 Å². The third-order valence-electron chi connectivity index (χ3n) is 3.18. The summed E-state index contributed by atoms with van der Waals surface area (Å²) in [7, 11) is 0.